The molecule has 5 nitrogen and oxygen atoms in total. The van der Waals surface area contributed by atoms with Crippen molar-refractivity contribution in [2.45, 2.75) is 20.8 Å². The van der Waals surface area contributed by atoms with E-state index < -0.39 is 0 Å². The van der Waals surface area contributed by atoms with E-state index in [-0.39, 0.29) is 0 Å². The number of para-hydroxylation sites is 5. The number of imidazole rings is 2. The van der Waals surface area contributed by atoms with Crippen LogP contribution in [0.2, 0.25) is 0 Å². The number of benzene rings is 7. The third-order valence-corrected chi connectivity index (χ3v) is 10.7. The van der Waals surface area contributed by atoms with Gasteiger partial charge in [-0.1, -0.05) is 66.2 Å². The highest BCUT2D eigenvalue weighted by atomic mass is 16.5. The molecule has 52 heavy (non-hydrogen) atoms. The fraction of sp³-hybridized carbons (Fsp3) is 0.0638. The van der Waals surface area contributed by atoms with Crippen molar-refractivity contribution in [1.29, 1.82) is 0 Å². The van der Waals surface area contributed by atoms with Crippen LogP contribution in [0.15, 0.2) is 140 Å². The first kappa shape index (κ1) is 29.1. The lowest BCUT2D eigenvalue weighted by Crippen LogP contribution is -1.95. The van der Waals surface area contributed by atoms with Crippen LogP contribution in [0.4, 0.5) is 0 Å². The molecule has 0 aliphatic carbocycles. The number of aryl methyl sites for hydroxylation is 3. The van der Waals surface area contributed by atoms with Crippen LogP contribution >= 0.6 is 0 Å². The van der Waals surface area contributed by atoms with E-state index >= 15 is 0 Å². The Kier molecular flexibility index (Phi) is 5.95. The van der Waals surface area contributed by atoms with E-state index in [9.17, 15) is 0 Å². The first-order valence-corrected chi connectivity index (χ1v) is 17.7. The van der Waals surface area contributed by atoms with Crippen LogP contribution in [0.1, 0.15) is 16.7 Å². The third-order valence-electron chi connectivity index (χ3n) is 10.7. The lowest BCUT2D eigenvalue weighted by molar-refractivity contribution is 0.484. The van der Waals surface area contributed by atoms with Gasteiger partial charge >= 0.3 is 0 Å². The maximum Gasteiger partial charge on any atom is 0.146 e. The molecular weight excluding hydrogens is 637 g/mol. The first-order valence-electron chi connectivity index (χ1n) is 17.7. The van der Waals surface area contributed by atoms with Gasteiger partial charge in [0, 0.05) is 21.5 Å². The van der Waals surface area contributed by atoms with Crippen molar-refractivity contribution in [3.05, 3.63) is 156 Å². The van der Waals surface area contributed by atoms with Gasteiger partial charge in [0.15, 0.2) is 0 Å². The van der Waals surface area contributed by atoms with Gasteiger partial charge in [0.25, 0.3) is 0 Å². The van der Waals surface area contributed by atoms with Gasteiger partial charge in [-0.25, -0.2) is 9.97 Å². The second-order valence-corrected chi connectivity index (χ2v) is 14.1. The third kappa shape index (κ3) is 4.11. The van der Waals surface area contributed by atoms with Crippen LogP contribution in [0.25, 0.3) is 87.8 Å². The Morgan fingerprint density at radius 2 is 0.942 bits per heavy atom. The van der Waals surface area contributed by atoms with Gasteiger partial charge in [0.2, 0.25) is 0 Å². The van der Waals surface area contributed by atoms with Crippen molar-refractivity contribution >= 4 is 76.7 Å². The molecule has 0 saturated heterocycles. The predicted octanol–water partition coefficient (Wildman–Crippen LogP) is 12.3. The predicted molar refractivity (Wildman–Crippen MR) is 215 cm³/mol. The quantitative estimate of drug-likeness (QED) is 0.176. The summed E-state index contributed by atoms with van der Waals surface area (Å²) in [5.74, 6) is 1.51. The highest BCUT2D eigenvalue weighted by Gasteiger charge is 2.18. The minimum Gasteiger partial charge on any atom is -0.457 e. The van der Waals surface area contributed by atoms with Gasteiger partial charge in [-0.15, -0.1) is 0 Å². The fourth-order valence-electron chi connectivity index (χ4n) is 8.68. The van der Waals surface area contributed by atoms with Gasteiger partial charge in [0.05, 0.1) is 33.1 Å². The Bertz CT molecular complexity index is 3290. The Morgan fingerprint density at radius 1 is 0.423 bits per heavy atom. The maximum atomic E-state index is 6.73. The Morgan fingerprint density at radius 3 is 1.56 bits per heavy atom. The van der Waals surface area contributed by atoms with Crippen molar-refractivity contribution < 1.29 is 4.74 Å². The number of rotatable bonds is 3. The molecule has 0 fully saturated rings. The zero-order valence-electron chi connectivity index (χ0n) is 29.0. The summed E-state index contributed by atoms with van der Waals surface area (Å²) in [6.07, 6.45) is 0. The molecule has 0 unspecified atom stereocenters. The van der Waals surface area contributed by atoms with Gasteiger partial charge in [-0.2, -0.15) is 0 Å². The van der Waals surface area contributed by atoms with Crippen molar-refractivity contribution in [1.82, 2.24) is 18.8 Å². The summed E-state index contributed by atoms with van der Waals surface area (Å²) in [6.45, 7) is 6.59. The van der Waals surface area contributed by atoms with Crippen LogP contribution in [0, 0.1) is 20.8 Å². The van der Waals surface area contributed by atoms with Gasteiger partial charge in [-0.05, 0) is 133 Å². The zero-order valence-corrected chi connectivity index (χ0v) is 29.0. The Hall–Kier alpha value is -6.72. The first-order chi connectivity index (χ1) is 25.5. The Labute approximate surface area is 299 Å². The summed E-state index contributed by atoms with van der Waals surface area (Å²) in [6, 6.07) is 49.5. The van der Waals surface area contributed by atoms with E-state index in [1.165, 1.54) is 38.6 Å². The smallest absolute Gasteiger partial charge is 0.146 e. The molecule has 0 spiro atoms. The molecule has 7 aromatic carbocycles. The molecule has 0 amide bonds. The van der Waals surface area contributed by atoms with Crippen LogP contribution in [0.3, 0.4) is 0 Å². The second kappa shape index (κ2) is 10.6. The molecule has 11 aromatic rings. The minimum absolute atomic E-state index is 0.756. The maximum absolute atomic E-state index is 6.73. The van der Waals surface area contributed by atoms with Gasteiger partial charge in [0.1, 0.15) is 22.8 Å². The van der Waals surface area contributed by atoms with Crippen LogP contribution in [-0.2, 0) is 0 Å². The van der Waals surface area contributed by atoms with Crippen molar-refractivity contribution in [3.63, 3.8) is 0 Å². The second-order valence-electron chi connectivity index (χ2n) is 14.1. The molecule has 0 N–H and O–H groups in total. The monoisotopic (exact) mass is 668 g/mol. The van der Waals surface area contributed by atoms with E-state index in [1.807, 2.05) is 6.07 Å². The van der Waals surface area contributed by atoms with Gasteiger partial charge in [-0.3, -0.25) is 8.80 Å². The van der Waals surface area contributed by atoms with Crippen molar-refractivity contribution in [2.75, 3.05) is 0 Å². The fourth-order valence-corrected chi connectivity index (χ4v) is 8.68. The van der Waals surface area contributed by atoms with Crippen LogP contribution in [-0.4, -0.2) is 18.8 Å². The molecule has 0 aliphatic rings. The van der Waals surface area contributed by atoms with Crippen molar-refractivity contribution in [3.8, 4) is 22.6 Å². The summed E-state index contributed by atoms with van der Waals surface area (Å²) in [5, 5.41) is 6.75. The Balaban J connectivity index is 1.12. The molecule has 5 heteroatoms. The summed E-state index contributed by atoms with van der Waals surface area (Å²) < 4.78 is 11.3. The SMILES string of the molecule is Cc1cc(C)c(-c2ccc3c(c2)c2ccc(Oc4ccc5c6ccccc6n6c7ccccc7nc6c5c4)cc2c2nc4ccccc4n32)c(C)c1. The topological polar surface area (TPSA) is 43.8 Å². The summed E-state index contributed by atoms with van der Waals surface area (Å²) in [5.41, 5.74) is 14.6. The largest absolute Gasteiger partial charge is 0.457 e. The van der Waals surface area contributed by atoms with Crippen LogP contribution < -0.4 is 4.74 Å². The van der Waals surface area contributed by atoms with E-state index in [0.717, 1.165) is 77.4 Å². The lowest BCUT2D eigenvalue weighted by atomic mass is 9.92. The number of nitrogens with zero attached hydrogens (tertiary/aromatic N) is 4. The molecule has 0 radical (unpaired) electrons. The average Bonchev–Trinajstić information content (AvgIpc) is 3.75. The molecule has 0 saturated carbocycles. The molecule has 4 heterocycles. The van der Waals surface area contributed by atoms with E-state index in [2.05, 4.69) is 163 Å². The molecule has 0 bridgehead atoms. The normalized spacial score (nSPS) is 12.1. The van der Waals surface area contributed by atoms with Crippen LogP contribution in [0.5, 0.6) is 11.5 Å². The molecule has 0 atom stereocenters. The zero-order chi connectivity index (χ0) is 34.7. The molecular formula is C47H32N4O. The minimum atomic E-state index is 0.756. The standard InChI is InChI=1S/C47H32N4O/c1-27-22-28(2)45(29(3)23-27)30-16-21-42-36(24-30)34-20-18-32(26-38(34)47-49-40-12-6-9-15-44(40)51(42)47)52-31-17-19-33-35-10-4-7-13-41(35)50-43-14-8-5-11-39(43)48-46(50)37(33)25-31/h4-26H,1-3H3. The number of pyridine rings is 2. The van der Waals surface area contributed by atoms with E-state index in [0.29, 0.717) is 0 Å². The highest BCUT2D eigenvalue weighted by molar-refractivity contribution is 6.16. The number of aromatic nitrogens is 4. The summed E-state index contributed by atoms with van der Waals surface area (Å²) >= 11 is 0. The van der Waals surface area contributed by atoms with Crippen molar-refractivity contribution in [2.24, 2.45) is 0 Å². The highest BCUT2D eigenvalue weighted by Crippen LogP contribution is 2.40. The molecule has 0 aliphatic heterocycles. The number of fused-ring (bicyclic) bond motifs is 16. The number of hydrogen-bond donors (Lipinski definition) is 0. The molecule has 246 valence electrons. The molecule has 4 aromatic heterocycles. The summed E-state index contributed by atoms with van der Waals surface area (Å²) in [7, 11) is 0. The summed E-state index contributed by atoms with van der Waals surface area (Å²) in [4.78, 5) is 10.3. The number of ether oxygens (including phenoxy) is 1. The molecule has 11 rings (SSSR count). The lowest BCUT2D eigenvalue weighted by Gasteiger charge is -2.15. The van der Waals surface area contributed by atoms with E-state index in [4.69, 9.17) is 14.7 Å². The van der Waals surface area contributed by atoms with E-state index in [1.54, 1.807) is 0 Å². The number of hydrogen-bond acceptors (Lipinski definition) is 3. The average molecular weight is 669 g/mol. The van der Waals surface area contributed by atoms with Gasteiger partial charge < -0.3 is 4.74 Å².